The molecule has 0 atom stereocenters. The lowest BCUT2D eigenvalue weighted by molar-refractivity contribution is -0.121. The van der Waals surface area contributed by atoms with E-state index in [1.54, 1.807) is 24.4 Å². The number of carbonyl (C=O) groups excluding carboxylic acids is 1. The zero-order chi connectivity index (χ0) is 14.5. The van der Waals surface area contributed by atoms with E-state index in [1.165, 1.54) is 4.68 Å². The van der Waals surface area contributed by atoms with E-state index in [1.807, 2.05) is 6.07 Å². The molecule has 0 radical (unpaired) electrons. The minimum atomic E-state index is -0.127. The summed E-state index contributed by atoms with van der Waals surface area (Å²) in [4.78, 5) is 11.7. The Hall–Kier alpha value is -1.72. The molecule has 5 nitrogen and oxygen atoms in total. The number of aromatic nitrogens is 2. The number of carbonyl (C=O) groups is 1. The lowest BCUT2D eigenvalue weighted by atomic mass is 10.1. The number of halogens is 2. The third-order valence-electron chi connectivity index (χ3n) is 2.70. The van der Waals surface area contributed by atoms with Crippen LogP contribution in [-0.4, -0.2) is 22.2 Å². The zero-order valence-corrected chi connectivity index (χ0v) is 12.2. The molecule has 0 fully saturated rings. The van der Waals surface area contributed by atoms with Crippen molar-refractivity contribution in [3.05, 3.63) is 46.1 Å². The van der Waals surface area contributed by atoms with Crippen LogP contribution in [0.25, 0.3) is 0 Å². The molecule has 0 aliphatic carbocycles. The minimum Gasteiger partial charge on any atom is -0.382 e. The molecule has 0 spiro atoms. The second-order valence-corrected chi connectivity index (χ2v) is 5.12. The summed E-state index contributed by atoms with van der Waals surface area (Å²) in [5, 5.41) is 7.94. The van der Waals surface area contributed by atoms with Crippen molar-refractivity contribution in [2.75, 3.05) is 12.3 Å². The van der Waals surface area contributed by atoms with Gasteiger partial charge in [0, 0.05) is 22.8 Å². The fourth-order valence-corrected chi connectivity index (χ4v) is 2.23. The van der Waals surface area contributed by atoms with Crippen molar-refractivity contribution in [2.24, 2.45) is 0 Å². The van der Waals surface area contributed by atoms with Gasteiger partial charge in [-0.1, -0.05) is 29.3 Å². The molecule has 0 unspecified atom stereocenters. The second kappa shape index (κ2) is 6.63. The van der Waals surface area contributed by atoms with Gasteiger partial charge in [0.25, 0.3) is 0 Å². The summed E-state index contributed by atoms with van der Waals surface area (Å²) in [7, 11) is 0. The molecule has 0 aliphatic rings. The number of nitrogens with one attached hydrogen (secondary N) is 1. The Bertz CT molecular complexity index is 612. The third kappa shape index (κ3) is 4.15. The number of anilines is 1. The number of rotatable bonds is 5. The molecule has 0 bridgehead atoms. The Kier molecular flexibility index (Phi) is 4.87. The molecule has 7 heteroatoms. The Morgan fingerprint density at radius 1 is 1.35 bits per heavy atom. The monoisotopic (exact) mass is 312 g/mol. The number of hydrogen-bond donors (Lipinski definition) is 2. The highest BCUT2D eigenvalue weighted by Gasteiger charge is 2.05. The van der Waals surface area contributed by atoms with Crippen LogP contribution < -0.4 is 11.1 Å². The van der Waals surface area contributed by atoms with E-state index >= 15 is 0 Å². The molecule has 2 aromatic rings. The molecule has 1 heterocycles. The summed E-state index contributed by atoms with van der Waals surface area (Å²) in [6.07, 6.45) is 2.30. The normalized spacial score (nSPS) is 10.5. The van der Waals surface area contributed by atoms with Crippen LogP contribution >= 0.6 is 23.2 Å². The first-order valence-electron chi connectivity index (χ1n) is 6.04. The smallest absolute Gasteiger partial charge is 0.241 e. The molecular formula is C13H14Cl2N4O. The fourth-order valence-electron chi connectivity index (χ4n) is 1.73. The summed E-state index contributed by atoms with van der Waals surface area (Å²) in [6, 6.07) is 6.95. The van der Waals surface area contributed by atoms with Crippen LogP contribution in [0.2, 0.25) is 10.0 Å². The molecule has 0 saturated heterocycles. The maximum absolute atomic E-state index is 11.7. The van der Waals surface area contributed by atoms with Gasteiger partial charge in [0.2, 0.25) is 5.91 Å². The number of nitrogens with two attached hydrogens (primary N) is 1. The Morgan fingerprint density at radius 3 is 2.80 bits per heavy atom. The van der Waals surface area contributed by atoms with Crippen LogP contribution in [0.3, 0.4) is 0 Å². The van der Waals surface area contributed by atoms with Crippen LogP contribution in [0.15, 0.2) is 30.5 Å². The highest BCUT2D eigenvalue weighted by Crippen LogP contribution is 2.20. The average molecular weight is 313 g/mol. The molecule has 0 saturated carbocycles. The van der Waals surface area contributed by atoms with Crippen molar-refractivity contribution < 1.29 is 4.79 Å². The highest BCUT2D eigenvalue weighted by molar-refractivity contribution is 6.35. The lowest BCUT2D eigenvalue weighted by Crippen LogP contribution is -2.29. The number of amides is 1. The van der Waals surface area contributed by atoms with E-state index in [2.05, 4.69) is 10.4 Å². The van der Waals surface area contributed by atoms with Gasteiger partial charge in [0.1, 0.15) is 12.4 Å². The number of benzene rings is 1. The molecule has 2 rings (SSSR count). The SMILES string of the molecule is Nc1ccn(CC(=O)NCCc2ccc(Cl)cc2Cl)n1. The van der Waals surface area contributed by atoms with Crippen molar-refractivity contribution in [3.63, 3.8) is 0 Å². The number of hydrogen-bond acceptors (Lipinski definition) is 3. The number of nitrogens with zero attached hydrogens (tertiary/aromatic N) is 2. The van der Waals surface area contributed by atoms with Crippen molar-refractivity contribution in [3.8, 4) is 0 Å². The quantitative estimate of drug-likeness (QED) is 0.888. The summed E-state index contributed by atoms with van der Waals surface area (Å²) in [5.41, 5.74) is 6.41. The Balaban J connectivity index is 1.79. The van der Waals surface area contributed by atoms with Crippen LogP contribution in [0.4, 0.5) is 5.82 Å². The van der Waals surface area contributed by atoms with Gasteiger partial charge >= 0.3 is 0 Å². The molecule has 1 aromatic heterocycles. The summed E-state index contributed by atoms with van der Waals surface area (Å²) >= 11 is 11.9. The van der Waals surface area contributed by atoms with Gasteiger partial charge in [-0.25, -0.2) is 0 Å². The van der Waals surface area contributed by atoms with E-state index in [0.29, 0.717) is 28.8 Å². The van der Waals surface area contributed by atoms with Gasteiger partial charge in [-0.3, -0.25) is 9.48 Å². The predicted octanol–water partition coefficient (Wildman–Crippen LogP) is 2.13. The van der Waals surface area contributed by atoms with Gasteiger partial charge < -0.3 is 11.1 Å². The lowest BCUT2D eigenvalue weighted by Gasteiger charge is -2.07. The average Bonchev–Trinajstić information content (AvgIpc) is 2.77. The Morgan fingerprint density at radius 2 is 2.15 bits per heavy atom. The number of nitrogen functional groups attached to an aromatic ring is 1. The molecule has 0 aliphatic heterocycles. The minimum absolute atomic E-state index is 0.127. The topological polar surface area (TPSA) is 72.9 Å². The van der Waals surface area contributed by atoms with Gasteiger partial charge in [-0.15, -0.1) is 0 Å². The zero-order valence-electron chi connectivity index (χ0n) is 10.6. The summed E-state index contributed by atoms with van der Waals surface area (Å²) < 4.78 is 1.49. The van der Waals surface area contributed by atoms with Crippen molar-refractivity contribution >= 4 is 34.9 Å². The second-order valence-electron chi connectivity index (χ2n) is 4.27. The summed E-state index contributed by atoms with van der Waals surface area (Å²) in [5.74, 6) is 0.268. The van der Waals surface area contributed by atoms with E-state index in [4.69, 9.17) is 28.9 Å². The molecule has 1 aromatic carbocycles. The van der Waals surface area contributed by atoms with Crippen LogP contribution in [0.5, 0.6) is 0 Å². The van der Waals surface area contributed by atoms with Gasteiger partial charge in [-0.05, 0) is 30.2 Å². The van der Waals surface area contributed by atoms with Crippen LogP contribution in [0, 0.1) is 0 Å². The van der Waals surface area contributed by atoms with Crippen molar-refractivity contribution in [1.82, 2.24) is 15.1 Å². The van der Waals surface area contributed by atoms with Gasteiger partial charge in [0.15, 0.2) is 0 Å². The van der Waals surface area contributed by atoms with E-state index in [9.17, 15) is 4.79 Å². The maximum atomic E-state index is 11.7. The first kappa shape index (κ1) is 14.7. The van der Waals surface area contributed by atoms with Gasteiger partial charge in [0.05, 0.1) is 0 Å². The van der Waals surface area contributed by atoms with E-state index in [0.717, 1.165) is 5.56 Å². The molecule has 1 amide bonds. The third-order valence-corrected chi connectivity index (χ3v) is 3.29. The van der Waals surface area contributed by atoms with Gasteiger partial charge in [-0.2, -0.15) is 5.10 Å². The van der Waals surface area contributed by atoms with Crippen LogP contribution in [0.1, 0.15) is 5.56 Å². The molecule has 20 heavy (non-hydrogen) atoms. The first-order valence-corrected chi connectivity index (χ1v) is 6.80. The molecular weight excluding hydrogens is 299 g/mol. The predicted molar refractivity (Wildman–Crippen MR) is 79.8 cm³/mol. The maximum Gasteiger partial charge on any atom is 0.241 e. The fraction of sp³-hybridized carbons (Fsp3) is 0.231. The Labute approximate surface area is 126 Å². The molecule has 3 N–H and O–H groups in total. The van der Waals surface area contributed by atoms with E-state index in [-0.39, 0.29) is 12.5 Å². The van der Waals surface area contributed by atoms with Crippen molar-refractivity contribution in [1.29, 1.82) is 0 Å². The highest BCUT2D eigenvalue weighted by atomic mass is 35.5. The molecule has 106 valence electrons. The first-order chi connectivity index (χ1) is 9.54. The van der Waals surface area contributed by atoms with E-state index < -0.39 is 0 Å². The van der Waals surface area contributed by atoms with Crippen molar-refractivity contribution in [2.45, 2.75) is 13.0 Å². The largest absolute Gasteiger partial charge is 0.382 e. The summed E-state index contributed by atoms with van der Waals surface area (Å²) in [6.45, 7) is 0.641. The standard InChI is InChI=1S/C13H14Cl2N4O/c14-10-2-1-9(11(15)7-10)3-5-17-13(20)8-19-6-4-12(16)18-19/h1-2,4,6-7H,3,5,8H2,(H2,16,18)(H,17,20). The van der Waals surface area contributed by atoms with Crippen LogP contribution in [-0.2, 0) is 17.8 Å².